The Bertz CT molecular complexity index is 213. The summed E-state index contributed by atoms with van der Waals surface area (Å²) in [6.07, 6.45) is 5.24. The number of rotatable bonds is 3. The first-order valence-corrected chi connectivity index (χ1v) is 4.44. The minimum Gasteiger partial charge on any atom is -0.480 e. The van der Waals surface area contributed by atoms with Crippen LogP contribution in [0.5, 0.6) is 0 Å². The van der Waals surface area contributed by atoms with Crippen molar-refractivity contribution < 1.29 is 15.0 Å². The molecule has 0 saturated heterocycles. The van der Waals surface area contributed by atoms with E-state index < -0.39 is 18.6 Å². The Kier molecular flexibility index (Phi) is 12.0. The Hall–Kier alpha value is -0.550. The van der Waals surface area contributed by atoms with Crippen LogP contribution in [-0.4, -0.2) is 28.8 Å². The van der Waals surface area contributed by atoms with E-state index in [4.69, 9.17) is 39.1 Å². The number of nitrogens with two attached hydrogens (primary N) is 1. The Morgan fingerprint density at radius 2 is 2.07 bits per heavy atom. The fraction of sp³-hybridized carbons (Fsp3) is 0.375. The number of aliphatic hydroxyl groups excluding tert-OH is 1. The molecule has 0 radical (unpaired) electrons. The number of aliphatic carboxylic acids is 1. The van der Waals surface area contributed by atoms with Crippen molar-refractivity contribution in [3.05, 3.63) is 22.7 Å². The number of carboxylic acid groups (broad SMARTS) is 1. The number of allylic oxidation sites excluding steroid dienone is 3. The van der Waals surface area contributed by atoms with Gasteiger partial charge in [0.1, 0.15) is 10.5 Å². The smallest absolute Gasteiger partial charge is 0.322 e. The van der Waals surface area contributed by atoms with Crippen LogP contribution in [0.15, 0.2) is 22.7 Å². The molecule has 1 unspecified atom stereocenters. The van der Waals surface area contributed by atoms with Gasteiger partial charge in [-0.05, 0) is 13.0 Å². The molecule has 0 fully saturated rings. The molecule has 0 bridgehead atoms. The molecule has 4 nitrogen and oxygen atoms in total. The van der Waals surface area contributed by atoms with Crippen molar-refractivity contribution in [2.45, 2.75) is 13.0 Å². The van der Waals surface area contributed by atoms with Gasteiger partial charge in [-0.3, -0.25) is 4.79 Å². The van der Waals surface area contributed by atoms with E-state index in [0.29, 0.717) is 0 Å². The van der Waals surface area contributed by atoms with Gasteiger partial charge in [0.2, 0.25) is 0 Å². The van der Waals surface area contributed by atoms with Crippen LogP contribution >= 0.6 is 23.2 Å². The zero-order chi connectivity index (χ0) is 11.6. The first kappa shape index (κ1) is 15.9. The van der Waals surface area contributed by atoms with Crippen molar-refractivity contribution in [1.82, 2.24) is 0 Å². The largest absolute Gasteiger partial charge is 0.480 e. The van der Waals surface area contributed by atoms with Crippen molar-refractivity contribution in [2.24, 2.45) is 5.73 Å². The monoisotopic (exact) mass is 241 g/mol. The molecule has 0 aromatic heterocycles. The van der Waals surface area contributed by atoms with E-state index in [0.717, 1.165) is 0 Å². The molecule has 0 rings (SSSR count). The van der Waals surface area contributed by atoms with Gasteiger partial charge in [0.05, 0.1) is 6.61 Å². The summed E-state index contributed by atoms with van der Waals surface area (Å²) in [6, 6.07) is -1.13. The lowest BCUT2D eigenvalue weighted by Gasteiger charge is -1.96. The predicted octanol–water partition coefficient (Wildman–Crippen LogP) is 1.27. The molecule has 0 aromatic rings. The van der Waals surface area contributed by atoms with Gasteiger partial charge in [-0.2, -0.15) is 0 Å². The van der Waals surface area contributed by atoms with Crippen LogP contribution in [0.25, 0.3) is 0 Å². The maximum Gasteiger partial charge on any atom is 0.322 e. The molecular formula is C8H13Cl2NO3. The Morgan fingerprint density at radius 3 is 2.14 bits per heavy atom. The van der Waals surface area contributed by atoms with Crippen LogP contribution in [0.1, 0.15) is 6.92 Å². The van der Waals surface area contributed by atoms with E-state index in [9.17, 15) is 4.79 Å². The Morgan fingerprint density at radius 1 is 1.57 bits per heavy atom. The number of hydrogen-bond donors (Lipinski definition) is 3. The van der Waals surface area contributed by atoms with E-state index in [1.165, 1.54) is 0 Å². The van der Waals surface area contributed by atoms with Gasteiger partial charge in [-0.1, -0.05) is 35.4 Å². The molecule has 0 saturated carbocycles. The molecule has 0 aliphatic rings. The van der Waals surface area contributed by atoms with E-state index in [-0.39, 0.29) is 4.49 Å². The van der Waals surface area contributed by atoms with Crippen LogP contribution in [0.3, 0.4) is 0 Å². The molecule has 0 aromatic carbocycles. The quantitative estimate of drug-likeness (QED) is 0.651. The van der Waals surface area contributed by atoms with Crippen molar-refractivity contribution in [1.29, 1.82) is 0 Å². The summed E-state index contributed by atoms with van der Waals surface area (Å²) in [7, 11) is 0. The molecule has 0 aliphatic heterocycles. The molecule has 0 amide bonds. The highest BCUT2D eigenvalue weighted by molar-refractivity contribution is 6.55. The van der Waals surface area contributed by atoms with E-state index in [2.05, 4.69) is 0 Å². The lowest BCUT2D eigenvalue weighted by molar-refractivity contribution is -0.139. The average molecular weight is 242 g/mol. The topological polar surface area (TPSA) is 83.5 Å². The Labute approximate surface area is 92.6 Å². The van der Waals surface area contributed by atoms with Gasteiger partial charge in [-0.15, -0.1) is 0 Å². The maximum absolute atomic E-state index is 9.65. The number of carboxylic acids is 1. The second-order valence-electron chi connectivity index (χ2n) is 2.11. The summed E-state index contributed by atoms with van der Waals surface area (Å²) in [5.41, 5.74) is 4.77. The maximum atomic E-state index is 9.65. The third-order valence-electron chi connectivity index (χ3n) is 0.929. The summed E-state index contributed by atoms with van der Waals surface area (Å²) >= 11 is 10.5. The first-order valence-electron chi connectivity index (χ1n) is 3.68. The highest BCUT2D eigenvalue weighted by Gasteiger charge is 2.06. The molecule has 0 spiro atoms. The van der Waals surface area contributed by atoms with Crippen molar-refractivity contribution in [3.63, 3.8) is 0 Å². The van der Waals surface area contributed by atoms with Gasteiger partial charge in [0, 0.05) is 0 Å². The summed E-state index contributed by atoms with van der Waals surface area (Å²) in [4.78, 5) is 9.65. The number of hydrogen-bond acceptors (Lipinski definition) is 3. The SMILES string of the molecule is CC=CC=C(Cl)Cl.NC(CO)C(=O)O. The van der Waals surface area contributed by atoms with Crippen LogP contribution in [-0.2, 0) is 4.79 Å². The number of halogens is 2. The summed E-state index contributed by atoms with van der Waals surface area (Å²) in [6.45, 7) is 1.39. The van der Waals surface area contributed by atoms with Crippen molar-refractivity contribution in [2.75, 3.05) is 6.61 Å². The minimum absolute atomic E-state index is 0.290. The van der Waals surface area contributed by atoms with Crippen LogP contribution in [0.2, 0.25) is 0 Å². The first-order chi connectivity index (χ1) is 6.45. The molecule has 14 heavy (non-hydrogen) atoms. The van der Waals surface area contributed by atoms with Crippen molar-refractivity contribution >= 4 is 29.2 Å². The normalized spacial score (nSPS) is 11.5. The molecular weight excluding hydrogens is 229 g/mol. The fourth-order valence-electron chi connectivity index (χ4n) is 0.247. The molecule has 0 heterocycles. The standard InChI is InChI=1S/C5H6Cl2.C3H7NO3/c1-2-3-4-5(6)7;4-2(1-5)3(6)7/h2-4H,1H3;2,5H,1,4H2,(H,6,7). The third kappa shape index (κ3) is 14.0. The molecule has 6 heteroatoms. The summed E-state index contributed by atoms with van der Waals surface area (Å²) in [5, 5.41) is 15.9. The second kappa shape index (κ2) is 10.5. The van der Waals surface area contributed by atoms with E-state index >= 15 is 0 Å². The average Bonchev–Trinajstić information content (AvgIpc) is 2.14. The van der Waals surface area contributed by atoms with Gasteiger partial charge in [0.15, 0.2) is 0 Å². The predicted molar refractivity (Wildman–Crippen MR) is 57.3 cm³/mol. The number of carbonyl (C=O) groups is 1. The minimum atomic E-state index is -1.18. The third-order valence-corrected chi connectivity index (χ3v) is 1.18. The molecule has 1 atom stereocenters. The zero-order valence-corrected chi connectivity index (χ0v) is 9.16. The van der Waals surface area contributed by atoms with Gasteiger partial charge in [0.25, 0.3) is 0 Å². The zero-order valence-electron chi connectivity index (χ0n) is 7.65. The lowest BCUT2D eigenvalue weighted by atomic mass is 10.3. The summed E-state index contributed by atoms with van der Waals surface area (Å²) in [5.74, 6) is -1.18. The second-order valence-corrected chi connectivity index (χ2v) is 3.12. The van der Waals surface area contributed by atoms with E-state index in [1.807, 2.05) is 13.0 Å². The molecule has 0 aliphatic carbocycles. The fourth-order valence-corrected chi connectivity index (χ4v) is 0.393. The number of aliphatic hydroxyl groups is 1. The lowest BCUT2D eigenvalue weighted by Crippen LogP contribution is -2.33. The molecule has 4 N–H and O–H groups in total. The van der Waals surface area contributed by atoms with Gasteiger partial charge >= 0.3 is 5.97 Å². The van der Waals surface area contributed by atoms with Gasteiger partial charge < -0.3 is 15.9 Å². The van der Waals surface area contributed by atoms with Crippen LogP contribution in [0.4, 0.5) is 0 Å². The van der Waals surface area contributed by atoms with Crippen LogP contribution in [0, 0.1) is 0 Å². The summed E-state index contributed by atoms with van der Waals surface area (Å²) < 4.78 is 0.290. The van der Waals surface area contributed by atoms with E-state index in [1.54, 1.807) is 12.2 Å². The molecule has 82 valence electrons. The van der Waals surface area contributed by atoms with Crippen molar-refractivity contribution in [3.8, 4) is 0 Å². The van der Waals surface area contributed by atoms with Gasteiger partial charge in [-0.25, -0.2) is 0 Å². The highest BCUT2D eigenvalue weighted by Crippen LogP contribution is 2.04. The highest BCUT2D eigenvalue weighted by atomic mass is 35.5. The Balaban J connectivity index is 0. The van der Waals surface area contributed by atoms with Crippen LogP contribution < -0.4 is 5.73 Å².